The Morgan fingerprint density at radius 2 is 1.08 bits per heavy atom. The fourth-order valence-corrected chi connectivity index (χ4v) is 8.17. The molecule has 208 valence electrons. The zero-order valence-electron chi connectivity index (χ0n) is 22.0. The molecule has 0 amide bonds. The predicted molar refractivity (Wildman–Crippen MR) is 152 cm³/mol. The maximum Gasteiger partial charge on any atom is 0.246 e. The second-order valence-electron chi connectivity index (χ2n) is 9.49. The molecule has 5 rings (SSSR count). The van der Waals surface area contributed by atoms with E-state index in [-0.39, 0.29) is 22.1 Å². The van der Waals surface area contributed by atoms with Gasteiger partial charge in [0.2, 0.25) is 20.0 Å². The molecule has 3 aromatic rings. The molecule has 2 aliphatic rings. The fourth-order valence-electron chi connectivity index (χ4n) is 5.06. The van der Waals surface area contributed by atoms with E-state index in [0.717, 1.165) is 11.4 Å². The van der Waals surface area contributed by atoms with E-state index in [1.54, 1.807) is 6.92 Å². The number of rotatable bonds is 8. The zero-order valence-corrected chi connectivity index (χ0v) is 23.6. The summed E-state index contributed by atoms with van der Waals surface area (Å²) in [5.41, 5.74) is 2.10. The molecule has 0 radical (unpaired) electrons. The van der Waals surface area contributed by atoms with E-state index in [4.69, 9.17) is 4.74 Å². The normalized spacial score (nSPS) is 17.8. The minimum absolute atomic E-state index is 0.0411. The van der Waals surface area contributed by atoms with Crippen LogP contribution in [0.1, 0.15) is 6.92 Å². The number of ether oxygens (including phenoxy) is 1. The predicted octanol–water partition coefficient (Wildman–Crippen LogP) is 3.11. The van der Waals surface area contributed by atoms with Crippen LogP contribution in [0.25, 0.3) is 0 Å². The summed E-state index contributed by atoms with van der Waals surface area (Å²) in [6.07, 6.45) is 0. The third-order valence-electron chi connectivity index (χ3n) is 7.19. The Bertz CT molecular complexity index is 1470. The summed E-state index contributed by atoms with van der Waals surface area (Å²) in [4.78, 5) is 4.14. The maximum atomic E-state index is 13.8. The summed E-state index contributed by atoms with van der Waals surface area (Å²) in [6, 6.07) is 23.9. The monoisotopic (exact) mass is 570 g/mol. The van der Waals surface area contributed by atoms with Crippen LogP contribution >= 0.6 is 0 Å². The van der Waals surface area contributed by atoms with Gasteiger partial charge in [-0.3, -0.25) is 0 Å². The molecule has 0 N–H and O–H groups in total. The van der Waals surface area contributed by atoms with Crippen LogP contribution in [0.15, 0.2) is 88.7 Å². The summed E-state index contributed by atoms with van der Waals surface area (Å²) in [5.74, 6) is 0.163. The smallest absolute Gasteiger partial charge is 0.246 e. The van der Waals surface area contributed by atoms with Crippen molar-refractivity contribution in [3.8, 4) is 5.75 Å². The Labute approximate surface area is 231 Å². The summed E-state index contributed by atoms with van der Waals surface area (Å²) >= 11 is 0. The molecule has 0 aromatic heterocycles. The molecule has 0 unspecified atom stereocenters. The van der Waals surface area contributed by atoms with Crippen LogP contribution in [0.2, 0.25) is 0 Å². The summed E-state index contributed by atoms with van der Waals surface area (Å²) in [5, 5.41) is 0. The lowest BCUT2D eigenvalue weighted by molar-refractivity contribution is 0.327. The average Bonchev–Trinajstić information content (AvgIpc) is 2.98. The quantitative estimate of drug-likeness (QED) is 0.411. The molecule has 2 saturated heterocycles. The number of nitrogens with zero attached hydrogens (tertiary/aromatic N) is 4. The van der Waals surface area contributed by atoms with Crippen LogP contribution in [-0.2, 0) is 20.0 Å². The minimum atomic E-state index is -3.99. The molecule has 11 heteroatoms. The SMILES string of the molecule is CCOc1ccc(S(=O)(=O)N2CCN(c3ccccc3)CC2)cc1S(=O)(=O)N1CCN(c2ccccc2)CC1. The lowest BCUT2D eigenvalue weighted by Gasteiger charge is -2.36. The highest BCUT2D eigenvalue weighted by molar-refractivity contribution is 7.90. The van der Waals surface area contributed by atoms with E-state index in [2.05, 4.69) is 9.80 Å². The molecule has 9 nitrogen and oxygen atoms in total. The first-order valence-electron chi connectivity index (χ1n) is 13.2. The van der Waals surface area contributed by atoms with Gasteiger partial charge in [-0.25, -0.2) is 16.8 Å². The first kappa shape index (κ1) is 27.4. The van der Waals surface area contributed by atoms with Crippen molar-refractivity contribution in [1.29, 1.82) is 0 Å². The third kappa shape index (κ3) is 5.76. The zero-order chi connectivity index (χ0) is 27.5. The van der Waals surface area contributed by atoms with Crippen molar-refractivity contribution in [3.05, 3.63) is 78.9 Å². The van der Waals surface area contributed by atoms with E-state index in [0.29, 0.717) is 52.4 Å². The largest absolute Gasteiger partial charge is 0.492 e. The number of para-hydroxylation sites is 2. The van der Waals surface area contributed by atoms with Gasteiger partial charge >= 0.3 is 0 Å². The van der Waals surface area contributed by atoms with Crippen molar-refractivity contribution in [2.75, 3.05) is 68.8 Å². The Morgan fingerprint density at radius 1 is 0.615 bits per heavy atom. The van der Waals surface area contributed by atoms with Crippen molar-refractivity contribution in [3.63, 3.8) is 0 Å². The molecule has 0 atom stereocenters. The summed E-state index contributed by atoms with van der Waals surface area (Å²) < 4.78 is 63.3. The van der Waals surface area contributed by atoms with Crippen molar-refractivity contribution in [2.45, 2.75) is 16.7 Å². The van der Waals surface area contributed by atoms with Gasteiger partial charge in [0.15, 0.2) is 0 Å². The van der Waals surface area contributed by atoms with Gasteiger partial charge in [-0.05, 0) is 49.4 Å². The van der Waals surface area contributed by atoms with Crippen molar-refractivity contribution >= 4 is 31.4 Å². The van der Waals surface area contributed by atoms with Crippen LogP contribution < -0.4 is 14.5 Å². The van der Waals surface area contributed by atoms with Gasteiger partial charge in [-0.15, -0.1) is 0 Å². The Kier molecular flexibility index (Phi) is 8.13. The Hall–Kier alpha value is -3.12. The van der Waals surface area contributed by atoms with Gasteiger partial charge < -0.3 is 14.5 Å². The number of benzene rings is 3. The van der Waals surface area contributed by atoms with Gasteiger partial charge in [0.05, 0.1) is 11.5 Å². The highest BCUT2D eigenvalue weighted by Crippen LogP contribution is 2.32. The number of sulfonamides is 2. The highest BCUT2D eigenvalue weighted by Gasteiger charge is 2.34. The number of piperazine rings is 2. The standard InChI is InChI=1S/C28H34N4O5S2/c1-2-37-27-14-13-26(38(33,34)31-19-15-29(16-20-31)24-9-5-3-6-10-24)23-28(27)39(35,36)32-21-17-30(18-22-32)25-11-7-4-8-12-25/h3-14,23H,2,15-22H2,1H3. The van der Waals surface area contributed by atoms with Gasteiger partial charge in [0.25, 0.3) is 0 Å². The van der Waals surface area contributed by atoms with Crippen LogP contribution in [0, 0.1) is 0 Å². The molecule has 2 heterocycles. The van der Waals surface area contributed by atoms with Crippen LogP contribution in [0.3, 0.4) is 0 Å². The molecule has 0 saturated carbocycles. The van der Waals surface area contributed by atoms with Crippen LogP contribution in [0.4, 0.5) is 11.4 Å². The molecule has 39 heavy (non-hydrogen) atoms. The van der Waals surface area contributed by atoms with Gasteiger partial charge in [-0.1, -0.05) is 36.4 Å². The number of hydrogen-bond acceptors (Lipinski definition) is 7. The molecule has 0 spiro atoms. The molecule has 2 fully saturated rings. The third-order valence-corrected chi connectivity index (χ3v) is 11.0. The first-order valence-corrected chi connectivity index (χ1v) is 16.1. The van der Waals surface area contributed by atoms with Crippen LogP contribution in [-0.4, -0.2) is 84.4 Å². The van der Waals surface area contributed by atoms with Crippen molar-refractivity contribution in [2.24, 2.45) is 0 Å². The molecule has 2 aliphatic heterocycles. The maximum absolute atomic E-state index is 13.8. The summed E-state index contributed by atoms with van der Waals surface area (Å²) in [7, 11) is -7.89. The molecule has 3 aromatic carbocycles. The Balaban J connectivity index is 1.35. The van der Waals surface area contributed by atoms with Crippen molar-refractivity contribution < 1.29 is 21.6 Å². The summed E-state index contributed by atoms with van der Waals surface area (Å²) in [6.45, 7) is 5.43. The van der Waals surface area contributed by atoms with Gasteiger partial charge in [0, 0.05) is 63.7 Å². The van der Waals surface area contributed by atoms with Gasteiger partial charge in [0.1, 0.15) is 10.6 Å². The number of hydrogen-bond donors (Lipinski definition) is 0. The molecule has 0 bridgehead atoms. The first-order chi connectivity index (χ1) is 18.8. The number of anilines is 2. The topological polar surface area (TPSA) is 90.5 Å². The van der Waals surface area contributed by atoms with Gasteiger partial charge in [-0.2, -0.15) is 8.61 Å². The van der Waals surface area contributed by atoms with E-state index in [1.807, 2.05) is 60.7 Å². The molecule has 0 aliphatic carbocycles. The molecular formula is C28H34N4O5S2. The van der Waals surface area contributed by atoms with Crippen molar-refractivity contribution in [1.82, 2.24) is 8.61 Å². The van der Waals surface area contributed by atoms with Crippen LogP contribution in [0.5, 0.6) is 5.75 Å². The van der Waals surface area contributed by atoms with E-state index >= 15 is 0 Å². The van der Waals surface area contributed by atoms with E-state index < -0.39 is 20.0 Å². The van der Waals surface area contributed by atoms with E-state index in [1.165, 1.54) is 26.8 Å². The highest BCUT2D eigenvalue weighted by atomic mass is 32.2. The lowest BCUT2D eigenvalue weighted by Crippen LogP contribution is -2.49. The van der Waals surface area contributed by atoms with E-state index in [9.17, 15) is 16.8 Å². The minimum Gasteiger partial charge on any atom is -0.492 e. The second-order valence-corrected chi connectivity index (χ2v) is 13.3. The second kappa shape index (κ2) is 11.5. The lowest BCUT2D eigenvalue weighted by atomic mass is 10.2. The molecular weight excluding hydrogens is 536 g/mol. The average molecular weight is 571 g/mol. The fraction of sp³-hybridized carbons (Fsp3) is 0.357. The Morgan fingerprint density at radius 3 is 1.54 bits per heavy atom.